The number of rotatable bonds is 8. The first-order valence-corrected chi connectivity index (χ1v) is 11.8. The van der Waals surface area contributed by atoms with E-state index in [0.717, 1.165) is 12.8 Å². The molecule has 31 heavy (non-hydrogen) atoms. The number of amides is 2. The lowest BCUT2D eigenvalue weighted by molar-refractivity contribution is -0.125. The van der Waals surface area contributed by atoms with Gasteiger partial charge in [-0.2, -0.15) is 4.31 Å². The lowest BCUT2D eigenvalue weighted by Gasteiger charge is -2.33. The van der Waals surface area contributed by atoms with E-state index < -0.39 is 16.1 Å². The van der Waals surface area contributed by atoms with Crippen molar-refractivity contribution in [3.05, 3.63) is 60.2 Å². The number of carbonyl (C=O) groups is 2. The molecule has 0 bridgehead atoms. The Bertz CT molecular complexity index is 1010. The van der Waals surface area contributed by atoms with Gasteiger partial charge in [-0.05, 0) is 49.6 Å². The van der Waals surface area contributed by atoms with Crippen LogP contribution in [0.25, 0.3) is 0 Å². The molecule has 1 atom stereocenters. The van der Waals surface area contributed by atoms with Crippen LogP contribution in [-0.4, -0.2) is 55.3 Å². The highest BCUT2D eigenvalue weighted by atomic mass is 32.2. The molecule has 0 aromatic heterocycles. The van der Waals surface area contributed by atoms with Crippen molar-refractivity contribution < 1.29 is 23.1 Å². The molecule has 8 nitrogen and oxygen atoms in total. The van der Waals surface area contributed by atoms with Gasteiger partial charge in [0, 0.05) is 25.2 Å². The van der Waals surface area contributed by atoms with Crippen molar-refractivity contribution in [2.24, 2.45) is 0 Å². The maximum Gasteiger partial charge on any atom is 0.251 e. The van der Waals surface area contributed by atoms with E-state index in [1.165, 1.54) is 28.6 Å². The third-order valence-corrected chi connectivity index (χ3v) is 7.08. The Hall–Kier alpha value is -2.91. The number of hydrogen-bond acceptors (Lipinski definition) is 5. The highest BCUT2D eigenvalue weighted by Crippen LogP contribution is 2.25. The fraction of sp³-hybridized carbons (Fsp3) is 0.364. The summed E-state index contributed by atoms with van der Waals surface area (Å²) in [5, 5.41) is 15.0. The number of nitrogens with zero attached hydrogens (tertiary/aromatic N) is 1. The monoisotopic (exact) mass is 445 g/mol. The summed E-state index contributed by atoms with van der Waals surface area (Å²) in [6.45, 7) is 0.968. The summed E-state index contributed by atoms with van der Waals surface area (Å²) in [6.07, 6.45) is 2.48. The predicted octanol–water partition coefficient (Wildman–Crippen LogP) is 1.87. The van der Waals surface area contributed by atoms with Crippen LogP contribution >= 0.6 is 0 Å². The number of piperidine rings is 1. The number of carbonyl (C=O) groups excluding carboxylic acids is 2. The Morgan fingerprint density at radius 1 is 1.00 bits per heavy atom. The number of phenols is 1. The van der Waals surface area contributed by atoms with Crippen molar-refractivity contribution in [1.82, 2.24) is 14.9 Å². The van der Waals surface area contributed by atoms with Crippen molar-refractivity contribution in [1.29, 1.82) is 0 Å². The number of sulfonamides is 1. The summed E-state index contributed by atoms with van der Waals surface area (Å²) < 4.78 is 27.3. The van der Waals surface area contributed by atoms with Crippen LogP contribution in [0.3, 0.4) is 0 Å². The largest absolute Gasteiger partial charge is 0.508 e. The molecule has 2 aromatic carbocycles. The Morgan fingerprint density at radius 3 is 2.48 bits per heavy atom. The third kappa shape index (κ3) is 5.83. The van der Waals surface area contributed by atoms with E-state index in [1.54, 1.807) is 30.3 Å². The fourth-order valence-electron chi connectivity index (χ4n) is 3.55. The van der Waals surface area contributed by atoms with Gasteiger partial charge in [-0.25, -0.2) is 8.42 Å². The number of aromatic hydroxyl groups is 1. The molecule has 1 saturated heterocycles. The normalized spacial score (nSPS) is 17.1. The zero-order chi connectivity index (χ0) is 22.3. The topological polar surface area (TPSA) is 116 Å². The smallest absolute Gasteiger partial charge is 0.251 e. The molecule has 3 N–H and O–H groups in total. The molecule has 166 valence electrons. The Morgan fingerprint density at radius 2 is 1.74 bits per heavy atom. The highest BCUT2D eigenvalue weighted by molar-refractivity contribution is 7.89. The zero-order valence-electron chi connectivity index (χ0n) is 17.2. The lowest BCUT2D eigenvalue weighted by Crippen LogP contribution is -2.52. The Balaban J connectivity index is 1.50. The molecule has 2 aromatic rings. The Kier molecular flexibility index (Phi) is 7.64. The van der Waals surface area contributed by atoms with Gasteiger partial charge in [-0.1, -0.05) is 30.7 Å². The first kappa shape index (κ1) is 22.8. The van der Waals surface area contributed by atoms with Gasteiger partial charge in [-0.15, -0.1) is 0 Å². The molecule has 1 fully saturated rings. The van der Waals surface area contributed by atoms with Crippen LogP contribution in [0.15, 0.2) is 59.5 Å². The van der Waals surface area contributed by atoms with Gasteiger partial charge >= 0.3 is 0 Å². The van der Waals surface area contributed by atoms with E-state index in [9.17, 15) is 23.1 Å². The van der Waals surface area contributed by atoms with Gasteiger partial charge in [0.2, 0.25) is 15.9 Å². The van der Waals surface area contributed by atoms with Crippen LogP contribution in [-0.2, 0) is 14.8 Å². The van der Waals surface area contributed by atoms with Crippen LogP contribution < -0.4 is 10.6 Å². The summed E-state index contributed by atoms with van der Waals surface area (Å²) in [5.41, 5.74) is 0.355. The highest BCUT2D eigenvalue weighted by Gasteiger charge is 2.37. The summed E-state index contributed by atoms with van der Waals surface area (Å²) >= 11 is 0. The van der Waals surface area contributed by atoms with E-state index in [0.29, 0.717) is 38.0 Å². The zero-order valence-corrected chi connectivity index (χ0v) is 18.0. The standard InChI is InChI=1S/C22H27N3O5S/c26-18-9-6-8-17(16-18)21(27)23-13-7-14-24-22(28)20-12-4-5-15-25(20)31(29,30)19-10-2-1-3-11-19/h1-3,6,8-11,16,20,26H,4-5,7,12-15H2,(H,23,27)(H,24,28). The summed E-state index contributed by atoms with van der Waals surface area (Å²) in [5.74, 6) is -0.615. The van der Waals surface area contributed by atoms with Crippen molar-refractivity contribution in [2.75, 3.05) is 19.6 Å². The maximum absolute atomic E-state index is 13.0. The second-order valence-electron chi connectivity index (χ2n) is 7.39. The summed E-state index contributed by atoms with van der Waals surface area (Å²) in [7, 11) is -3.74. The summed E-state index contributed by atoms with van der Waals surface area (Å²) in [6, 6.07) is 13.5. The predicted molar refractivity (Wildman–Crippen MR) is 116 cm³/mol. The first-order valence-electron chi connectivity index (χ1n) is 10.3. The van der Waals surface area contributed by atoms with Crippen molar-refractivity contribution >= 4 is 21.8 Å². The third-order valence-electron chi connectivity index (χ3n) is 5.15. The molecule has 0 aliphatic carbocycles. The molecule has 3 rings (SSSR count). The molecule has 1 aliphatic heterocycles. The maximum atomic E-state index is 13.0. The minimum absolute atomic E-state index is 0.0161. The van der Waals surface area contributed by atoms with Crippen molar-refractivity contribution in [3.63, 3.8) is 0 Å². The van der Waals surface area contributed by atoms with Crippen molar-refractivity contribution in [3.8, 4) is 5.75 Å². The van der Waals surface area contributed by atoms with Crippen LogP contribution in [0.1, 0.15) is 36.0 Å². The second-order valence-corrected chi connectivity index (χ2v) is 9.28. The van der Waals surface area contributed by atoms with E-state index in [2.05, 4.69) is 10.6 Å². The van der Waals surface area contributed by atoms with Crippen molar-refractivity contribution in [2.45, 2.75) is 36.6 Å². The van der Waals surface area contributed by atoms with Gasteiger partial charge in [0.1, 0.15) is 11.8 Å². The number of hydrogen-bond donors (Lipinski definition) is 3. The minimum atomic E-state index is -3.74. The molecule has 2 amide bonds. The van der Waals surface area contributed by atoms with Gasteiger partial charge in [0.15, 0.2) is 0 Å². The molecule has 0 radical (unpaired) electrons. The van der Waals surface area contributed by atoms with Gasteiger partial charge in [0.05, 0.1) is 4.90 Å². The molecular weight excluding hydrogens is 418 g/mol. The quantitative estimate of drug-likeness (QED) is 0.537. The van der Waals surface area contributed by atoms with E-state index in [1.807, 2.05) is 0 Å². The van der Waals surface area contributed by atoms with Gasteiger partial charge < -0.3 is 15.7 Å². The molecule has 0 saturated carbocycles. The SMILES string of the molecule is O=C(NCCCNC(=O)C1CCCCN1S(=O)(=O)c1ccccc1)c1cccc(O)c1. The van der Waals surface area contributed by atoms with Crippen LogP contribution in [0.2, 0.25) is 0 Å². The van der Waals surface area contributed by atoms with Crippen LogP contribution in [0.5, 0.6) is 5.75 Å². The number of benzene rings is 2. The van der Waals surface area contributed by atoms with E-state index in [4.69, 9.17) is 0 Å². The molecule has 1 unspecified atom stereocenters. The average Bonchev–Trinajstić information content (AvgIpc) is 2.79. The molecule has 0 spiro atoms. The second kappa shape index (κ2) is 10.4. The molecule has 1 heterocycles. The number of phenolic OH excluding ortho intramolecular Hbond substituents is 1. The summed E-state index contributed by atoms with van der Waals surface area (Å²) in [4.78, 5) is 24.9. The molecule has 1 aliphatic rings. The van der Waals surface area contributed by atoms with Gasteiger partial charge in [0.25, 0.3) is 5.91 Å². The Labute approximate surface area is 182 Å². The lowest BCUT2D eigenvalue weighted by atomic mass is 10.0. The molecular formula is C22H27N3O5S. The van der Waals surface area contributed by atoms with Crippen LogP contribution in [0, 0.1) is 0 Å². The first-order chi connectivity index (χ1) is 14.9. The minimum Gasteiger partial charge on any atom is -0.508 e. The van der Waals surface area contributed by atoms with E-state index >= 15 is 0 Å². The van der Waals surface area contributed by atoms with Crippen LogP contribution in [0.4, 0.5) is 0 Å². The number of nitrogens with one attached hydrogen (secondary N) is 2. The van der Waals surface area contributed by atoms with Gasteiger partial charge in [-0.3, -0.25) is 9.59 Å². The fourth-order valence-corrected chi connectivity index (χ4v) is 5.23. The molecule has 9 heteroatoms. The van der Waals surface area contributed by atoms with E-state index in [-0.39, 0.29) is 22.5 Å². The average molecular weight is 446 g/mol.